The number of anilines is 1. The molecule has 1 fully saturated rings. The predicted molar refractivity (Wildman–Crippen MR) is 142 cm³/mol. The Hall–Kier alpha value is -4.45. The summed E-state index contributed by atoms with van der Waals surface area (Å²) in [6.07, 6.45) is 4.50. The largest absolute Gasteiger partial charge is 0.342 e. The number of urea groups is 1. The Balaban J connectivity index is 1.52. The fourth-order valence-corrected chi connectivity index (χ4v) is 4.54. The Labute approximate surface area is 209 Å². The molecule has 1 aliphatic rings. The molecule has 2 heterocycles. The molecule has 0 radical (unpaired) electrons. The number of nitrogens with zero attached hydrogens (tertiary/aromatic N) is 2. The van der Waals surface area contributed by atoms with Gasteiger partial charge in [-0.05, 0) is 47.7 Å². The van der Waals surface area contributed by atoms with Crippen molar-refractivity contribution in [3.05, 3.63) is 107 Å². The summed E-state index contributed by atoms with van der Waals surface area (Å²) in [5.74, 6) is -0.965. The molecule has 180 valence electrons. The fourth-order valence-electron chi connectivity index (χ4n) is 4.54. The van der Waals surface area contributed by atoms with E-state index >= 15 is 0 Å². The van der Waals surface area contributed by atoms with E-state index in [0.717, 1.165) is 38.9 Å². The summed E-state index contributed by atoms with van der Waals surface area (Å²) in [4.78, 5) is 39.9. The molecule has 0 unspecified atom stereocenters. The fraction of sp³-hybridized carbons (Fsp3) is 0.167. The maximum atomic E-state index is 13.4. The van der Waals surface area contributed by atoms with Gasteiger partial charge in [0.1, 0.15) is 5.57 Å². The predicted octanol–water partition coefficient (Wildman–Crippen LogP) is 5.87. The van der Waals surface area contributed by atoms with Crippen molar-refractivity contribution in [3.63, 3.8) is 0 Å². The van der Waals surface area contributed by atoms with Crippen molar-refractivity contribution >= 4 is 40.5 Å². The molecule has 6 heteroatoms. The van der Waals surface area contributed by atoms with Crippen molar-refractivity contribution in [2.75, 3.05) is 4.90 Å². The highest BCUT2D eigenvalue weighted by atomic mass is 16.2. The Morgan fingerprint density at radius 1 is 0.889 bits per heavy atom. The Morgan fingerprint density at radius 2 is 1.58 bits per heavy atom. The van der Waals surface area contributed by atoms with Gasteiger partial charge in [-0.1, -0.05) is 74.5 Å². The summed E-state index contributed by atoms with van der Waals surface area (Å²) in [6, 6.07) is 24.5. The van der Waals surface area contributed by atoms with Gasteiger partial charge in [0.2, 0.25) is 0 Å². The van der Waals surface area contributed by atoms with Gasteiger partial charge in [-0.3, -0.25) is 14.9 Å². The number of amides is 4. The number of para-hydroxylation sites is 1. The third-order valence-electron chi connectivity index (χ3n) is 6.75. The molecular weight excluding hydrogens is 450 g/mol. The maximum Gasteiger partial charge on any atom is 0.335 e. The van der Waals surface area contributed by atoms with E-state index in [1.165, 1.54) is 0 Å². The maximum absolute atomic E-state index is 13.4. The first-order valence-corrected chi connectivity index (χ1v) is 12.1. The second kappa shape index (κ2) is 9.66. The molecule has 1 N–H and O–H groups in total. The van der Waals surface area contributed by atoms with Gasteiger partial charge in [-0.15, -0.1) is 0 Å². The molecule has 1 aromatic heterocycles. The standard InChI is InChI=1S/C30H27N3O3/c1-3-20(2)22-13-15-24(16-14-22)33-29(35)26(28(34)31-30(33)36)17-23-19-32(18-21-9-5-4-6-10-21)27-12-8-7-11-25(23)27/h4-17,19-20H,3,18H2,1-2H3,(H,31,34,36)/b26-17-/t20-/m0/s1. The zero-order chi connectivity index (χ0) is 25.2. The summed E-state index contributed by atoms with van der Waals surface area (Å²) < 4.78 is 2.10. The number of rotatable bonds is 6. The number of imide groups is 2. The number of barbiturate groups is 1. The average molecular weight is 478 g/mol. The minimum Gasteiger partial charge on any atom is -0.342 e. The third kappa shape index (κ3) is 4.33. The number of nitrogens with one attached hydrogen (secondary N) is 1. The monoisotopic (exact) mass is 477 g/mol. The van der Waals surface area contributed by atoms with Crippen LogP contribution in [0.1, 0.15) is 42.9 Å². The van der Waals surface area contributed by atoms with Gasteiger partial charge in [0.05, 0.1) is 5.69 Å². The number of carbonyl (C=O) groups excluding carboxylic acids is 3. The number of hydrogen-bond acceptors (Lipinski definition) is 3. The van der Waals surface area contributed by atoms with Crippen molar-refractivity contribution in [2.24, 2.45) is 0 Å². The number of aromatic nitrogens is 1. The summed E-state index contributed by atoms with van der Waals surface area (Å²) in [5, 5.41) is 3.24. The van der Waals surface area contributed by atoms with E-state index in [1.807, 2.05) is 60.8 Å². The lowest BCUT2D eigenvalue weighted by molar-refractivity contribution is -0.122. The molecule has 1 aliphatic heterocycles. The Kier molecular flexibility index (Phi) is 6.25. The van der Waals surface area contributed by atoms with Crippen LogP contribution in [0, 0.1) is 0 Å². The molecule has 0 spiro atoms. The van der Waals surface area contributed by atoms with Crippen LogP contribution in [-0.4, -0.2) is 22.4 Å². The molecule has 4 aromatic rings. The molecule has 3 aromatic carbocycles. The van der Waals surface area contributed by atoms with E-state index in [1.54, 1.807) is 18.2 Å². The van der Waals surface area contributed by atoms with E-state index in [9.17, 15) is 14.4 Å². The van der Waals surface area contributed by atoms with Gasteiger partial charge in [0, 0.05) is 29.2 Å². The second-order valence-corrected chi connectivity index (χ2v) is 9.07. The number of hydrogen-bond donors (Lipinski definition) is 1. The van der Waals surface area contributed by atoms with Crippen LogP contribution in [0.15, 0.2) is 90.6 Å². The molecule has 0 saturated carbocycles. The lowest BCUT2D eigenvalue weighted by Crippen LogP contribution is -2.54. The Bertz CT molecular complexity index is 1480. The number of benzene rings is 3. The molecule has 4 amide bonds. The molecule has 6 nitrogen and oxygen atoms in total. The first-order chi connectivity index (χ1) is 17.5. The lowest BCUT2D eigenvalue weighted by Gasteiger charge is -2.26. The molecule has 36 heavy (non-hydrogen) atoms. The SMILES string of the molecule is CC[C@H](C)c1ccc(N2C(=O)NC(=O)/C(=C/c3cn(Cc4ccccc4)c4ccccc34)C2=O)cc1. The minimum absolute atomic E-state index is 0.0804. The van der Waals surface area contributed by atoms with Gasteiger partial charge in [-0.25, -0.2) is 9.69 Å². The summed E-state index contributed by atoms with van der Waals surface area (Å²) >= 11 is 0. The highest BCUT2D eigenvalue weighted by molar-refractivity contribution is 6.39. The van der Waals surface area contributed by atoms with E-state index < -0.39 is 17.8 Å². The van der Waals surface area contributed by atoms with Crippen LogP contribution in [0.2, 0.25) is 0 Å². The first kappa shape index (κ1) is 23.3. The molecule has 1 atom stereocenters. The number of fused-ring (bicyclic) bond motifs is 1. The lowest BCUT2D eigenvalue weighted by atomic mass is 9.98. The Morgan fingerprint density at radius 3 is 2.31 bits per heavy atom. The van der Waals surface area contributed by atoms with Crippen LogP contribution >= 0.6 is 0 Å². The van der Waals surface area contributed by atoms with Crippen molar-refractivity contribution in [3.8, 4) is 0 Å². The van der Waals surface area contributed by atoms with E-state index in [0.29, 0.717) is 18.2 Å². The zero-order valence-corrected chi connectivity index (χ0v) is 20.3. The van der Waals surface area contributed by atoms with Gasteiger partial charge >= 0.3 is 6.03 Å². The van der Waals surface area contributed by atoms with Crippen LogP contribution in [0.4, 0.5) is 10.5 Å². The summed E-state index contributed by atoms with van der Waals surface area (Å²) in [5.41, 5.74) is 4.34. The smallest absolute Gasteiger partial charge is 0.335 e. The highest BCUT2D eigenvalue weighted by Gasteiger charge is 2.37. The summed E-state index contributed by atoms with van der Waals surface area (Å²) in [6.45, 7) is 4.89. The second-order valence-electron chi connectivity index (χ2n) is 9.07. The number of carbonyl (C=O) groups is 3. The molecule has 0 bridgehead atoms. The topological polar surface area (TPSA) is 71.4 Å². The van der Waals surface area contributed by atoms with Gasteiger partial charge < -0.3 is 4.57 Å². The van der Waals surface area contributed by atoms with Crippen molar-refractivity contribution in [1.29, 1.82) is 0 Å². The van der Waals surface area contributed by atoms with E-state index in [2.05, 4.69) is 35.9 Å². The van der Waals surface area contributed by atoms with Crippen LogP contribution in [0.25, 0.3) is 17.0 Å². The van der Waals surface area contributed by atoms with Crippen LogP contribution in [0.3, 0.4) is 0 Å². The van der Waals surface area contributed by atoms with Gasteiger partial charge in [-0.2, -0.15) is 0 Å². The van der Waals surface area contributed by atoms with Crippen LogP contribution in [0.5, 0.6) is 0 Å². The highest BCUT2D eigenvalue weighted by Crippen LogP contribution is 2.28. The van der Waals surface area contributed by atoms with Crippen LogP contribution in [-0.2, 0) is 16.1 Å². The van der Waals surface area contributed by atoms with E-state index in [4.69, 9.17) is 0 Å². The van der Waals surface area contributed by atoms with Crippen molar-refractivity contribution in [1.82, 2.24) is 9.88 Å². The summed E-state index contributed by atoms with van der Waals surface area (Å²) in [7, 11) is 0. The average Bonchev–Trinajstić information content (AvgIpc) is 3.24. The molecule has 1 saturated heterocycles. The van der Waals surface area contributed by atoms with Crippen molar-refractivity contribution < 1.29 is 14.4 Å². The molecule has 0 aliphatic carbocycles. The minimum atomic E-state index is -0.745. The van der Waals surface area contributed by atoms with Crippen molar-refractivity contribution in [2.45, 2.75) is 32.7 Å². The van der Waals surface area contributed by atoms with Gasteiger partial charge in [0.25, 0.3) is 11.8 Å². The zero-order valence-electron chi connectivity index (χ0n) is 20.3. The quantitative estimate of drug-likeness (QED) is 0.279. The van der Waals surface area contributed by atoms with Crippen LogP contribution < -0.4 is 10.2 Å². The molecule has 5 rings (SSSR count). The van der Waals surface area contributed by atoms with E-state index in [-0.39, 0.29) is 5.57 Å². The molecular formula is C30H27N3O3. The van der Waals surface area contributed by atoms with Gasteiger partial charge in [0.15, 0.2) is 0 Å². The third-order valence-corrected chi connectivity index (χ3v) is 6.75. The first-order valence-electron chi connectivity index (χ1n) is 12.1. The normalized spacial score (nSPS) is 16.0.